The third-order valence-electron chi connectivity index (χ3n) is 3.68. The predicted octanol–water partition coefficient (Wildman–Crippen LogP) is 4.30. The van der Waals surface area contributed by atoms with Crippen LogP contribution < -0.4 is 4.74 Å². The molecule has 0 radical (unpaired) electrons. The van der Waals surface area contributed by atoms with E-state index in [1.807, 2.05) is 42.5 Å². The van der Waals surface area contributed by atoms with Gasteiger partial charge in [-0.05, 0) is 30.7 Å². The number of benzene rings is 3. The zero-order chi connectivity index (χ0) is 16.9. The molecular weight excluding hydrogens is 304 g/mol. The van der Waals surface area contributed by atoms with E-state index in [9.17, 15) is 9.90 Å². The third kappa shape index (κ3) is 3.33. The van der Waals surface area contributed by atoms with E-state index < -0.39 is 5.97 Å². The molecule has 0 atom stereocenters. The lowest BCUT2D eigenvalue weighted by Crippen LogP contribution is -2.04. The summed E-state index contributed by atoms with van der Waals surface area (Å²) in [6.45, 7) is 2.43. The second kappa shape index (κ2) is 7.04. The number of hydrogen-bond donors (Lipinski definition) is 1. The van der Waals surface area contributed by atoms with Crippen molar-refractivity contribution in [3.05, 3.63) is 71.8 Å². The van der Waals surface area contributed by atoms with E-state index in [0.717, 1.165) is 5.56 Å². The van der Waals surface area contributed by atoms with Gasteiger partial charge in [0.1, 0.15) is 18.1 Å². The van der Waals surface area contributed by atoms with E-state index in [2.05, 4.69) is 0 Å². The van der Waals surface area contributed by atoms with Crippen LogP contribution in [0, 0.1) is 0 Å². The van der Waals surface area contributed by atoms with Gasteiger partial charge in [-0.3, -0.25) is 0 Å². The van der Waals surface area contributed by atoms with Gasteiger partial charge in [0.15, 0.2) is 0 Å². The normalized spacial score (nSPS) is 10.5. The first kappa shape index (κ1) is 15.9. The van der Waals surface area contributed by atoms with Gasteiger partial charge in [0.2, 0.25) is 0 Å². The maximum atomic E-state index is 12.0. The van der Waals surface area contributed by atoms with Crippen LogP contribution >= 0.6 is 0 Å². The van der Waals surface area contributed by atoms with Gasteiger partial charge in [-0.25, -0.2) is 4.79 Å². The smallest absolute Gasteiger partial charge is 0.338 e. The summed E-state index contributed by atoms with van der Waals surface area (Å²) in [5.74, 6) is 0.172. The van der Waals surface area contributed by atoms with Gasteiger partial charge < -0.3 is 14.6 Å². The van der Waals surface area contributed by atoms with E-state index in [1.54, 1.807) is 19.1 Å². The second-order valence-electron chi connectivity index (χ2n) is 5.34. The molecule has 0 unspecified atom stereocenters. The van der Waals surface area contributed by atoms with Crippen molar-refractivity contribution < 1.29 is 19.4 Å². The molecule has 4 heteroatoms. The molecule has 0 fully saturated rings. The third-order valence-corrected chi connectivity index (χ3v) is 3.68. The number of hydrogen-bond acceptors (Lipinski definition) is 4. The van der Waals surface area contributed by atoms with Crippen molar-refractivity contribution in [2.45, 2.75) is 13.5 Å². The summed E-state index contributed by atoms with van der Waals surface area (Å²) in [5.41, 5.74) is 1.35. The lowest BCUT2D eigenvalue weighted by Gasteiger charge is -2.12. The van der Waals surface area contributed by atoms with Crippen LogP contribution in [0.1, 0.15) is 22.8 Å². The first-order valence-electron chi connectivity index (χ1n) is 7.78. The summed E-state index contributed by atoms with van der Waals surface area (Å²) in [7, 11) is 0. The van der Waals surface area contributed by atoms with E-state index in [-0.39, 0.29) is 12.4 Å². The number of fused-ring (bicyclic) bond motifs is 1. The summed E-state index contributed by atoms with van der Waals surface area (Å²) in [5, 5.41) is 11.5. The molecule has 1 N–H and O–H groups in total. The molecule has 0 aliphatic carbocycles. The average molecular weight is 322 g/mol. The highest BCUT2D eigenvalue weighted by Gasteiger charge is 2.13. The SMILES string of the molecule is CCOC(=O)c1cc(O)c2cccc(OCc3ccccc3)c2c1. The van der Waals surface area contributed by atoms with E-state index >= 15 is 0 Å². The number of rotatable bonds is 5. The maximum absolute atomic E-state index is 12.0. The zero-order valence-corrected chi connectivity index (χ0v) is 13.4. The molecule has 0 saturated heterocycles. The van der Waals surface area contributed by atoms with Gasteiger partial charge in [0, 0.05) is 10.8 Å². The van der Waals surface area contributed by atoms with Crippen LogP contribution in [0.5, 0.6) is 11.5 Å². The highest BCUT2D eigenvalue weighted by molar-refractivity contribution is 6.00. The lowest BCUT2D eigenvalue weighted by molar-refractivity contribution is 0.0526. The van der Waals surface area contributed by atoms with Crippen molar-refractivity contribution in [2.24, 2.45) is 0 Å². The van der Waals surface area contributed by atoms with Gasteiger partial charge in [0.25, 0.3) is 0 Å². The van der Waals surface area contributed by atoms with Crippen molar-refractivity contribution in [3.8, 4) is 11.5 Å². The first-order chi connectivity index (χ1) is 11.7. The number of aromatic hydroxyl groups is 1. The van der Waals surface area contributed by atoms with Crippen molar-refractivity contribution in [1.29, 1.82) is 0 Å². The number of esters is 1. The Morgan fingerprint density at radius 3 is 2.54 bits per heavy atom. The molecule has 0 bridgehead atoms. The number of carbonyl (C=O) groups is 1. The molecule has 0 saturated carbocycles. The quantitative estimate of drug-likeness (QED) is 0.712. The monoisotopic (exact) mass is 322 g/mol. The second-order valence-corrected chi connectivity index (χ2v) is 5.34. The zero-order valence-electron chi connectivity index (χ0n) is 13.4. The molecule has 0 heterocycles. The minimum absolute atomic E-state index is 0.0284. The molecule has 0 spiro atoms. The van der Waals surface area contributed by atoms with Crippen molar-refractivity contribution >= 4 is 16.7 Å². The topological polar surface area (TPSA) is 55.8 Å². The van der Waals surface area contributed by atoms with Crippen LogP contribution in [0.4, 0.5) is 0 Å². The Labute approximate surface area is 140 Å². The Hall–Kier alpha value is -3.01. The molecule has 24 heavy (non-hydrogen) atoms. The number of phenols is 1. The highest BCUT2D eigenvalue weighted by atomic mass is 16.5. The molecule has 3 aromatic carbocycles. The summed E-state index contributed by atoms with van der Waals surface area (Å²) in [4.78, 5) is 12.0. The van der Waals surface area contributed by atoms with Crippen LogP contribution in [-0.4, -0.2) is 17.7 Å². The average Bonchev–Trinajstić information content (AvgIpc) is 2.61. The molecule has 3 rings (SSSR count). The maximum Gasteiger partial charge on any atom is 0.338 e. The van der Waals surface area contributed by atoms with Gasteiger partial charge in [0.05, 0.1) is 12.2 Å². The minimum atomic E-state index is -0.465. The van der Waals surface area contributed by atoms with Crippen LogP contribution in [-0.2, 0) is 11.3 Å². The minimum Gasteiger partial charge on any atom is -0.507 e. The summed E-state index contributed by atoms with van der Waals surface area (Å²) < 4.78 is 10.9. The fourth-order valence-corrected chi connectivity index (χ4v) is 2.53. The predicted molar refractivity (Wildman–Crippen MR) is 92.3 cm³/mol. The highest BCUT2D eigenvalue weighted by Crippen LogP contribution is 2.33. The van der Waals surface area contributed by atoms with Crippen LogP contribution in [0.15, 0.2) is 60.7 Å². The molecule has 0 aliphatic rings. The molecule has 4 nitrogen and oxygen atoms in total. The number of phenolic OH excluding ortho intramolecular Hbond substituents is 1. The standard InChI is InChI=1S/C20H18O4/c1-2-23-20(22)15-11-17-16(18(21)12-15)9-6-10-19(17)24-13-14-7-4-3-5-8-14/h3-12,21H,2,13H2,1H3. The van der Waals surface area contributed by atoms with Gasteiger partial charge >= 0.3 is 5.97 Å². The molecule has 0 aromatic heterocycles. The Bertz CT molecular complexity index is 856. The van der Waals surface area contributed by atoms with Gasteiger partial charge in [-0.1, -0.05) is 42.5 Å². The Balaban J connectivity index is 1.96. The van der Waals surface area contributed by atoms with Crippen LogP contribution in [0.25, 0.3) is 10.8 Å². The Morgan fingerprint density at radius 2 is 1.79 bits per heavy atom. The van der Waals surface area contributed by atoms with E-state index in [4.69, 9.17) is 9.47 Å². The summed E-state index contributed by atoms with van der Waals surface area (Å²) in [6, 6.07) is 18.3. The summed E-state index contributed by atoms with van der Waals surface area (Å²) >= 11 is 0. The first-order valence-corrected chi connectivity index (χ1v) is 7.78. The molecule has 122 valence electrons. The van der Waals surface area contributed by atoms with Crippen molar-refractivity contribution in [2.75, 3.05) is 6.61 Å². The van der Waals surface area contributed by atoms with Gasteiger partial charge in [-0.2, -0.15) is 0 Å². The van der Waals surface area contributed by atoms with Crippen LogP contribution in [0.2, 0.25) is 0 Å². The van der Waals surface area contributed by atoms with E-state index in [1.165, 1.54) is 6.07 Å². The number of ether oxygens (including phenoxy) is 2. The molecule has 0 amide bonds. The number of carbonyl (C=O) groups excluding carboxylic acids is 1. The Kier molecular flexibility index (Phi) is 4.66. The van der Waals surface area contributed by atoms with Crippen LogP contribution in [0.3, 0.4) is 0 Å². The Morgan fingerprint density at radius 1 is 1.00 bits per heavy atom. The fraction of sp³-hybridized carbons (Fsp3) is 0.150. The van der Waals surface area contributed by atoms with E-state index in [0.29, 0.717) is 28.7 Å². The molecular formula is C20H18O4. The van der Waals surface area contributed by atoms with Crippen molar-refractivity contribution in [1.82, 2.24) is 0 Å². The molecule has 0 aliphatic heterocycles. The largest absolute Gasteiger partial charge is 0.507 e. The summed E-state index contributed by atoms with van der Waals surface area (Å²) in [6.07, 6.45) is 0. The van der Waals surface area contributed by atoms with Gasteiger partial charge in [-0.15, -0.1) is 0 Å². The lowest BCUT2D eigenvalue weighted by atomic mass is 10.0. The molecule has 3 aromatic rings. The van der Waals surface area contributed by atoms with Crippen molar-refractivity contribution in [3.63, 3.8) is 0 Å². The fourth-order valence-electron chi connectivity index (χ4n) is 2.53.